The van der Waals surface area contributed by atoms with E-state index in [-0.39, 0.29) is 15.7 Å². The number of nitro groups is 1. The molecule has 1 atom stereocenters. The molecule has 170 valence electrons. The van der Waals surface area contributed by atoms with E-state index in [1.165, 1.54) is 19.1 Å². The lowest BCUT2D eigenvalue weighted by Gasteiger charge is -2.19. The number of benzene rings is 2. The summed E-state index contributed by atoms with van der Waals surface area (Å²) in [7, 11) is -4.32. The third-order valence-corrected chi connectivity index (χ3v) is 6.51. The summed E-state index contributed by atoms with van der Waals surface area (Å²) in [5, 5.41) is 36.0. The third kappa shape index (κ3) is 6.50. The Morgan fingerprint density at radius 2 is 1.72 bits per heavy atom. The van der Waals surface area contributed by atoms with Gasteiger partial charge in [0.25, 0.3) is 5.69 Å². The predicted octanol–water partition coefficient (Wildman–Crippen LogP) is -0.894. The molecular formula is C18H15N3O9S2-2. The average molecular weight is 481 g/mol. The second-order valence-electron chi connectivity index (χ2n) is 6.24. The number of sulfonamides is 1. The first-order chi connectivity index (χ1) is 14.9. The molecule has 1 unspecified atom stereocenters. The number of carboxylic acid groups (broad SMARTS) is 2. The quantitative estimate of drug-likeness (QED) is 0.244. The number of amides is 1. The highest BCUT2D eigenvalue weighted by Crippen LogP contribution is 2.30. The van der Waals surface area contributed by atoms with E-state index in [1.807, 2.05) is 4.72 Å². The van der Waals surface area contributed by atoms with Gasteiger partial charge in [-0.3, -0.25) is 14.9 Å². The van der Waals surface area contributed by atoms with E-state index >= 15 is 0 Å². The normalized spacial score (nSPS) is 12.0. The zero-order chi connectivity index (χ0) is 24.1. The number of aromatic carboxylic acids is 1. The van der Waals surface area contributed by atoms with Crippen molar-refractivity contribution in [2.75, 3.05) is 11.1 Å². The van der Waals surface area contributed by atoms with Crippen molar-refractivity contribution in [3.05, 3.63) is 58.1 Å². The summed E-state index contributed by atoms with van der Waals surface area (Å²) in [4.78, 5) is 43.3. The molecule has 0 heterocycles. The Bertz CT molecular complexity index is 1160. The predicted molar refractivity (Wildman–Crippen MR) is 108 cm³/mol. The molecule has 0 bridgehead atoms. The number of hydrogen-bond acceptors (Lipinski definition) is 10. The van der Waals surface area contributed by atoms with Crippen LogP contribution in [0.25, 0.3) is 0 Å². The number of anilines is 1. The van der Waals surface area contributed by atoms with E-state index in [9.17, 15) is 43.1 Å². The number of carbonyl (C=O) groups excluding carboxylic acids is 3. The van der Waals surface area contributed by atoms with Crippen molar-refractivity contribution in [2.24, 2.45) is 0 Å². The Hall–Kier alpha value is -3.49. The number of nitrogens with one attached hydrogen (secondary N) is 2. The Labute approximate surface area is 185 Å². The number of carbonyl (C=O) groups is 3. The van der Waals surface area contributed by atoms with E-state index in [2.05, 4.69) is 5.32 Å². The van der Waals surface area contributed by atoms with Crippen molar-refractivity contribution in [1.29, 1.82) is 0 Å². The number of aliphatic carboxylic acids is 1. The first-order valence-electron chi connectivity index (χ1n) is 8.64. The van der Waals surface area contributed by atoms with Gasteiger partial charge in [0.2, 0.25) is 15.9 Å². The highest BCUT2D eigenvalue weighted by molar-refractivity contribution is 7.99. The van der Waals surface area contributed by atoms with Gasteiger partial charge in [-0.15, -0.1) is 11.8 Å². The van der Waals surface area contributed by atoms with Gasteiger partial charge >= 0.3 is 0 Å². The molecule has 2 aromatic rings. The minimum absolute atomic E-state index is 0.0786. The van der Waals surface area contributed by atoms with Gasteiger partial charge in [0, 0.05) is 30.0 Å². The molecule has 0 aliphatic heterocycles. The van der Waals surface area contributed by atoms with Crippen LogP contribution in [0.2, 0.25) is 0 Å². The summed E-state index contributed by atoms with van der Waals surface area (Å²) in [6.45, 7) is 1.27. The number of nitrogens with zero attached hydrogens (tertiary/aromatic N) is 1. The average Bonchev–Trinajstić information content (AvgIpc) is 2.70. The van der Waals surface area contributed by atoms with E-state index in [1.54, 1.807) is 0 Å². The molecule has 2 N–H and O–H groups in total. The molecule has 14 heteroatoms. The van der Waals surface area contributed by atoms with Gasteiger partial charge in [0.05, 0.1) is 32.7 Å². The Morgan fingerprint density at radius 3 is 2.22 bits per heavy atom. The molecule has 1 amide bonds. The second kappa shape index (κ2) is 10.2. The third-order valence-electron chi connectivity index (χ3n) is 3.86. The summed E-state index contributed by atoms with van der Waals surface area (Å²) in [6.07, 6.45) is 0. The maximum atomic E-state index is 12.5. The number of thioether (sulfide) groups is 1. The highest BCUT2D eigenvalue weighted by atomic mass is 32.2. The number of rotatable bonds is 10. The summed E-state index contributed by atoms with van der Waals surface area (Å²) < 4.78 is 27.0. The fraction of sp³-hybridized carbons (Fsp3) is 0.167. The lowest BCUT2D eigenvalue weighted by Crippen LogP contribution is -2.49. The summed E-state index contributed by atoms with van der Waals surface area (Å²) in [5.74, 6) is -4.26. The fourth-order valence-electron chi connectivity index (χ4n) is 2.41. The molecule has 12 nitrogen and oxygen atoms in total. The van der Waals surface area contributed by atoms with Crippen LogP contribution in [0, 0.1) is 10.1 Å². The van der Waals surface area contributed by atoms with Crippen molar-refractivity contribution < 1.29 is 37.9 Å². The molecule has 0 aliphatic rings. The van der Waals surface area contributed by atoms with Crippen LogP contribution in [0.15, 0.2) is 52.3 Å². The maximum Gasteiger partial charge on any atom is 0.283 e. The van der Waals surface area contributed by atoms with Crippen LogP contribution in [-0.4, -0.2) is 43.0 Å². The monoisotopic (exact) mass is 481 g/mol. The van der Waals surface area contributed by atoms with Crippen molar-refractivity contribution in [3.8, 4) is 0 Å². The summed E-state index contributed by atoms with van der Waals surface area (Å²) in [5.41, 5.74) is -0.720. The first-order valence-corrected chi connectivity index (χ1v) is 11.1. The highest BCUT2D eigenvalue weighted by Gasteiger charge is 2.23. The SMILES string of the molecule is CC(=O)Nc1ccc(S(=O)(=O)NC(CSc2ccc(C(=O)[O-])cc2[N+](=O)[O-])C(=O)[O-])cc1. The smallest absolute Gasteiger partial charge is 0.283 e. The second-order valence-corrected chi connectivity index (χ2v) is 9.01. The van der Waals surface area contributed by atoms with E-state index < -0.39 is 49.9 Å². The first kappa shape index (κ1) is 24.8. The topological polar surface area (TPSA) is 199 Å². The van der Waals surface area contributed by atoms with Crippen LogP contribution in [0.5, 0.6) is 0 Å². The van der Waals surface area contributed by atoms with Gasteiger partial charge in [-0.2, -0.15) is 0 Å². The van der Waals surface area contributed by atoms with Gasteiger partial charge < -0.3 is 25.1 Å². The Balaban J connectivity index is 2.19. The van der Waals surface area contributed by atoms with Crippen LogP contribution < -0.4 is 20.3 Å². The van der Waals surface area contributed by atoms with Gasteiger partial charge in [-0.25, -0.2) is 13.1 Å². The van der Waals surface area contributed by atoms with Crippen molar-refractivity contribution in [3.63, 3.8) is 0 Å². The van der Waals surface area contributed by atoms with Crippen LogP contribution in [0.3, 0.4) is 0 Å². The standard InChI is InChI=1S/C18H17N3O9S2/c1-10(22)19-12-3-5-13(6-4-12)32(29,30)20-14(18(25)26)9-31-16-7-2-11(17(23)24)8-15(16)21(27)28/h2-8,14,20H,9H2,1H3,(H,19,22)(H,23,24)(H,25,26)/p-2. The molecule has 0 aliphatic carbocycles. The van der Waals surface area contributed by atoms with E-state index in [4.69, 9.17) is 0 Å². The fourth-order valence-corrected chi connectivity index (χ4v) is 4.71. The van der Waals surface area contributed by atoms with Crippen LogP contribution >= 0.6 is 11.8 Å². The molecule has 32 heavy (non-hydrogen) atoms. The van der Waals surface area contributed by atoms with Crippen molar-refractivity contribution in [2.45, 2.75) is 22.8 Å². The molecule has 0 saturated heterocycles. The zero-order valence-electron chi connectivity index (χ0n) is 16.3. The molecule has 0 aromatic heterocycles. The van der Waals surface area contributed by atoms with E-state index in [0.717, 1.165) is 30.3 Å². The summed E-state index contributed by atoms with van der Waals surface area (Å²) in [6, 6.07) is 6.04. The minimum atomic E-state index is -4.32. The molecule has 2 rings (SSSR count). The molecular weight excluding hydrogens is 466 g/mol. The van der Waals surface area contributed by atoms with E-state index in [0.29, 0.717) is 17.4 Å². The Morgan fingerprint density at radius 1 is 1.09 bits per heavy atom. The molecule has 0 radical (unpaired) electrons. The van der Waals surface area contributed by atoms with Crippen LogP contribution in [0.1, 0.15) is 17.3 Å². The molecule has 0 spiro atoms. The van der Waals surface area contributed by atoms with Gasteiger partial charge in [-0.1, -0.05) is 6.07 Å². The Kier molecular flexibility index (Phi) is 7.91. The minimum Gasteiger partial charge on any atom is -0.548 e. The molecule has 2 aromatic carbocycles. The molecule has 0 saturated carbocycles. The van der Waals surface area contributed by atoms with Gasteiger partial charge in [0.1, 0.15) is 0 Å². The maximum absolute atomic E-state index is 12.5. The van der Waals surface area contributed by atoms with Gasteiger partial charge in [0.15, 0.2) is 0 Å². The summed E-state index contributed by atoms with van der Waals surface area (Å²) >= 11 is 0.627. The largest absolute Gasteiger partial charge is 0.548 e. The lowest BCUT2D eigenvalue weighted by molar-refractivity contribution is -0.387. The number of hydrogen-bond donors (Lipinski definition) is 2. The van der Waals surface area contributed by atoms with Gasteiger partial charge in [-0.05, 0) is 30.3 Å². The molecule has 0 fully saturated rings. The van der Waals surface area contributed by atoms with Crippen molar-refractivity contribution in [1.82, 2.24) is 4.72 Å². The number of carboxylic acids is 2. The van der Waals surface area contributed by atoms with Crippen LogP contribution in [-0.2, 0) is 19.6 Å². The lowest BCUT2D eigenvalue weighted by atomic mass is 10.2. The van der Waals surface area contributed by atoms with Crippen molar-refractivity contribution >= 4 is 51.0 Å². The van der Waals surface area contributed by atoms with Crippen LogP contribution in [0.4, 0.5) is 11.4 Å². The zero-order valence-corrected chi connectivity index (χ0v) is 17.9. The number of nitro benzene ring substituents is 1.